The number of carbonyl (C=O) groups excluding carboxylic acids is 1. The fraction of sp³-hybridized carbons (Fsp3) is 0.875. The number of rotatable bonds is 8. The first-order valence-electron chi connectivity index (χ1n) is 4.62. The van der Waals surface area contributed by atoms with E-state index in [1.807, 2.05) is 0 Å². The number of Topliss-reactive ketones (excluding diaryl/α,β-unsaturated/α-hetero) is 1. The Hall–Kier alpha value is -0.460. The Bertz CT molecular complexity index is 261. The average molecular weight is 223 g/mol. The summed E-state index contributed by atoms with van der Waals surface area (Å²) in [7, 11) is -3.87. The maximum absolute atomic E-state index is 11.1. The average Bonchev–Trinajstić information content (AvgIpc) is 2.07. The molecule has 0 aromatic carbocycles. The lowest BCUT2D eigenvalue weighted by molar-refractivity contribution is -0.119. The molecule has 0 aliphatic rings. The van der Waals surface area contributed by atoms with Gasteiger partial charge < -0.3 is 5.73 Å². The second-order valence-corrected chi connectivity index (χ2v) is 4.75. The Morgan fingerprint density at radius 2 is 1.71 bits per heavy atom. The first kappa shape index (κ1) is 13.5. The maximum atomic E-state index is 11.1. The van der Waals surface area contributed by atoms with Crippen molar-refractivity contribution in [3.05, 3.63) is 0 Å². The van der Waals surface area contributed by atoms with E-state index in [4.69, 9.17) is 10.3 Å². The van der Waals surface area contributed by atoms with Crippen LogP contribution in [0.2, 0.25) is 0 Å². The van der Waals surface area contributed by atoms with Crippen LogP contribution in [0.5, 0.6) is 0 Å². The number of hydrogen-bond donors (Lipinski definition) is 2. The van der Waals surface area contributed by atoms with Crippen molar-refractivity contribution < 1.29 is 17.8 Å². The second kappa shape index (κ2) is 6.92. The molecule has 0 amide bonds. The van der Waals surface area contributed by atoms with Gasteiger partial charge in [-0.2, -0.15) is 8.42 Å². The zero-order valence-electron chi connectivity index (χ0n) is 8.11. The summed E-state index contributed by atoms with van der Waals surface area (Å²) in [5.74, 6) is -0.164. The van der Waals surface area contributed by atoms with E-state index in [0.717, 1.165) is 0 Å². The minimum absolute atomic E-state index is 0.103. The standard InChI is InChI=1S/C8H17NO4S/c9-6-3-5-8(10)4-1-2-7-14(11,12)13/h1-7,9H2,(H,11,12,13). The van der Waals surface area contributed by atoms with E-state index < -0.39 is 10.1 Å². The van der Waals surface area contributed by atoms with E-state index in [1.165, 1.54) is 0 Å². The number of nitrogens with two attached hydrogens (primary N) is 1. The zero-order chi connectivity index (χ0) is 11.0. The van der Waals surface area contributed by atoms with Gasteiger partial charge in [-0.25, -0.2) is 0 Å². The number of unbranched alkanes of at least 4 members (excludes halogenated alkanes) is 1. The molecule has 0 radical (unpaired) electrons. The highest BCUT2D eigenvalue weighted by atomic mass is 32.2. The molecule has 0 rings (SSSR count). The Morgan fingerprint density at radius 3 is 2.21 bits per heavy atom. The lowest BCUT2D eigenvalue weighted by Gasteiger charge is -1.99. The smallest absolute Gasteiger partial charge is 0.264 e. The van der Waals surface area contributed by atoms with E-state index in [2.05, 4.69) is 0 Å². The lowest BCUT2D eigenvalue weighted by atomic mass is 10.1. The van der Waals surface area contributed by atoms with Gasteiger partial charge in [0.25, 0.3) is 10.1 Å². The fourth-order valence-corrected chi connectivity index (χ4v) is 1.60. The zero-order valence-corrected chi connectivity index (χ0v) is 8.92. The molecule has 0 aliphatic heterocycles. The summed E-state index contributed by atoms with van der Waals surface area (Å²) in [6.45, 7) is 0.497. The van der Waals surface area contributed by atoms with Crippen molar-refractivity contribution >= 4 is 15.9 Å². The van der Waals surface area contributed by atoms with E-state index in [9.17, 15) is 13.2 Å². The molecule has 0 heterocycles. The third-order valence-electron chi connectivity index (χ3n) is 1.77. The van der Waals surface area contributed by atoms with Crippen molar-refractivity contribution in [3.63, 3.8) is 0 Å². The Morgan fingerprint density at radius 1 is 1.14 bits per heavy atom. The van der Waals surface area contributed by atoms with Crippen LogP contribution < -0.4 is 5.73 Å². The maximum Gasteiger partial charge on any atom is 0.264 e. The molecule has 0 fully saturated rings. The normalized spacial score (nSPS) is 11.6. The van der Waals surface area contributed by atoms with Crippen LogP contribution in [0.25, 0.3) is 0 Å². The predicted molar refractivity (Wildman–Crippen MR) is 53.6 cm³/mol. The summed E-state index contributed by atoms with van der Waals surface area (Å²) in [4.78, 5) is 11.1. The first-order chi connectivity index (χ1) is 6.45. The summed E-state index contributed by atoms with van der Waals surface area (Å²) < 4.78 is 29.0. The van der Waals surface area contributed by atoms with E-state index in [1.54, 1.807) is 0 Å². The minimum atomic E-state index is -3.87. The largest absolute Gasteiger partial charge is 0.330 e. The van der Waals surface area contributed by atoms with Gasteiger partial charge in [-0.1, -0.05) is 0 Å². The molecule has 5 nitrogen and oxygen atoms in total. The summed E-state index contributed by atoms with van der Waals surface area (Å²) in [5.41, 5.74) is 5.22. The molecule has 0 aliphatic carbocycles. The highest BCUT2D eigenvalue weighted by Crippen LogP contribution is 2.02. The van der Waals surface area contributed by atoms with Crippen molar-refractivity contribution in [1.82, 2.24) is 0 Å². The van der Waals surface area contributed by atoms with Gasteiger partial charge in [-0.15, -0.1) is 0 Å². The fourth-order valence-electron chi connectivity index (χ4n) is 1.03. The van der Waals surface area contributed by atoms with Crippen LogP contribution in [0.1, 0.15) is 32.1 Å². The molecule has 0 saturated heterocycles. The van der Waals surface area contributed by atoms with Crippen LogP contribution in [0.4, 0.5) is 0 Å². The van der Waals surface area contributed by atoms with E-state index >= 15 is 0 Å². The van der Waals surface area contributed by atoms with Crippen molar-refractivity contribution in [1.29, 1.82) is 0 Å². The van der Waals surface area contributed by atoms with Gasteiger partial charge in [0.2, 0.25) is 0 Å². The van der Waals surface area contributed by atoms with Crippen LogP contribution in [-0.2, 0) is 14.9 Å². The summed E-state index contributed by atoms with van der Waals surface area (Å²) in [6.07, 6.45) is 2.34. The molecule has 84 valence electrons. The van der Waals surface area contributed by atoms with Crippen LogP contribution in [0.3, 0.4) is 0 Å². The molecule has 6 heteroatoms. The third-order valence-corrected chi connectivity index (χ3v) is 2.57. The number of ketones is 1. The lowest BCUT2D eigenvalue weighted by Crippen LogP contribution is -2.06. The van der Waals surface area contributed by atoms with Crippen LogP contribution in [-0.4, -0.2) is 31.1 Å². The second-order valence-electron chi connectivity index (χ2n) is 3.17. The van der Waals surface area contributed by atoms with E-state index in [0.29, 0.717) is 38.6 Å². The van der Waals surface area contributed by atoms with Gasteiger partial charge in [0, 0.05) is 12.8 Å². The molecule has 0 aromatic rings. The first-order valence-corrected chi connectivity index (χ1v) is 6.23. The predicted octanol–water partition coefficient (Wildman–Crippen LogP) is 0.353. The molecular weight excluding hydrogens is 206 g/mol. The highest BCUT2D eigenvalue weighted by molar-refractivity contribution is 7.85. The van der Waals surface area contributed by atoms with Crippen molar-refractivity contribution in [3.8, 4) is 0 Å². The van der Waals surface area contributed by atoms with Gasteiger partial charge in [0.15, 0.2) is 0 Å². The quantitative estimate of drug-likeness (QED) is 0.457. The molecule has 0 atom stereocenters. The Labute approximate surface area is 84.4 Å². The SMILES string of the molecule is NCCCC(=O)CCCCS(=O)(=O)O. The molecule has 0 spiro atoms. The number of hydrogen-bond acceptors (Lipinski definition) is 4. The topological polar surface area (TPSA) is 97.5 Å². The molecule has 0 aromatic heterocycles. The van der Waals surface area contributed by atoms with Gasteiger partial charge in [0.1, 0.15) is 5.78 Å². The van der Waals surface area contributed by atoms with Crippen LogP contribution in [0.15, 0.2) is 0 Å². The van der Waals surface area contributed by atoms with Crippen LogP contribution in [0, 0.1) is 0 Å². The molecule has 14 heavy (non-hydrogen) atoms. The molecule has 3 N–H and O–H groups in total. The number of carbonyl (C=O) groups is 1. The monoisotopic (exact) mass is 223 g/mol. The molecule has 0 bridgehead atoms. The van der Waals surface area contributed by atoms with Gasteiger partial charge in [-0.3, -0.25) is 9.35 Å². The third kappa shape index (κ3) is 9.63. The minimum Gasteiger partial charge on any atom is -0.330 e. The Kier molecular flexibility index (Phi) is 6.69. The Balaban J connectivity index is 3.41. The van der Waals surface area contributed by atoms with Crippen molar-refractivity contribution in [2.45, 2.75) is 32.1 Å². The van der Waals surface area contributed by atoms with Crippen LogP contribution >= 0.6 is 0 Å². The van der Waals surface area contributed by atoms with Gasteiger partial charge in [-0.05, 0) is 25.8 Å². The summed E-state index contributed by atoms with van der Waals surface area (Å²) in [5, 5.41) is 0. The summed E-state index contributed by atoms with van der Waals surface area (Å²) >= 11 is 0. The van der Waals surface area contributed by atoms with Crippen molar-refractivity contribution in [2.24, 2.45) is 5.73 Å². The van der Waals surface area contributed by atoms with Gasteiger partial charge in [0.05, 0.1) is 5.75 Å². The summed E-state index contributed by atoms with van der Waals surface area (Å²) in [6, 6.07) is 0. The van der Waals surface area contributed by atoms with Gasteiger partial charge >= 0.3 is 0 Å². The highest BCUT2D eigenvalue weighted by Gasteiger charge is 2.05. The molecule has 0 unspecified atom stereocenters. The molecular formula is C8H17NO4S. The van der Waals surface area contributed by atoms with Crippen molar-refractivity contribution in [2.75, 3.05) is 12.3 Å². The molecule has 0 saturated carbocycles. The van der Waals surface area contributed by atoms with E-state index in [-0.39, 0.29) is 11.5 Å².